The molecule has 1 N–H and O–H groups in total. The fourth-order valence-electron chi connectivity index (χ4n) is 3.20. The molecule has 1 aliphatic heterocycles. The third kappa shape index (κ3) is 3.91. The van der Waals surface area contributed by atoms with E-state index in [1.807, 2.05) is 0 Å². The number of nitrogens with one attached hydrogen (secondary N) is 1. The molecule has 0 aliphatic carbocycles. The molecule has 0 spiro atoms. The highest BCUT2D eigenvalue weighted by Gasteiger charge is 2.41. The van der Waals surface area contributed by atoms with Gasteiger partial charge in [-0.3, -0.25) is 9.59 Å². The summed E-state index contributed by atoms with van der Waals surface area (Å²) >= 11 is 1.25. The predicted octanol–water partition coefficient (Wildman–Crippen LogP) is 5.17. The van der Waals surface area contributed by atoms with Crippen molar-refractivity contribution in [2.45, 2.75) is 6.18 Å². The van der Waals surface area contributed by atoms with Crippen molar-refractivity contribution in [3.63, 3.8) is 0 Å². The second-order valence-electron chi connectivity index (χ2n) is 6.58. The number of nitrogens with zero attached hydrogens (tertiary/aromatic N) is 1. The lowest BCUT2D eigenvalue weighted by atomic mass is 10.1. The molecule has 31 heavy (non-hydrogen) atoms. The molecule has 0 bridgehead atoms. The van der Waals surface area contributed by atoms with E-state index in [0.717, 1.165) is 17.0 Å². The van der Waals surface area contributed by atoms with Crippen LogP contribution in [0, 0.1) is 0 Å². The Kier molecular flexibility index (Phi) is 5.28. The molecular formula is C22H15F3N2O3S. The minimum Gasteiger partial charge on any atom is -0.497 e. The maximum atomic E-state index is 13.2. The highest BCUT2D eigenvalue weighted by molar-refractivity contribution is 7.11. The molecule has 0 saturated heterocycles. The summed E-state index contributed by atoms with van der Waals surface area (Å²) in [7, 11) is 1.46. The molecule has 0 unspecified atom stereocenters. The molecule has 158 valence electrons. The van der Waals surface area contributed by atoms with Gasteiger partial charge in [0.15, 0.2) is 0 Å². The fourth-order valence-corrected chi connectivity index (χ4v) is 3.96. The molecule has 0 atom stereocenters. The van der Waals surface area contributed by atoms with Gasteiger partial charge in [0.1, 0.15) is 11.4 Å². The first-order valence-electron chi connectivity index (χ1n) is 9.05. The summed E-state index contributed by atoms with van der Waals surface area (Å²) in [5.41, 5.74) is -0.510. The molecule has 1 aliphatic rings. The zero-order valence-corrected chi connectivity index (χ0v) is 16.9. The molecule has 2 heterocycles. The largest absolute Gasteiger partial charge is 0.497 e. The van der Waals surface area contributed by atoms with E-state index >= 15 is 0 Å². The zero-order valence-electron chi connectivity index (χ0n) is 16.1. The Bertz CT molecular complexity index is 1190. The van der Waals surface area contributed by atoms with Crippen molar-refractivity contribution < 1.29 is 27.5 Å². The summed E-state index contributed by atoms with van der Waals surface area (Å²) < 4.78 is 44.5. The van der Waals surface area contributed by atoms with E-state index in [9.17, 15) is 22.8 Å². The van der Waals surface area contributed by atoms with Crippen molar-refractivity contribution in [1.82, 2.24) is 0 Å². The van der Waals surface area contributed by atoms with Crippen molar-refractivity contribution in [3.8, 4) is 5.75 Å². The molecule has 4 rings (SSSR count). The van der Waals surface area contributed by atoms with Crippen LogP contribution in [0.25, 0.3) is 5.57 Å². The van der Waals surface area contributed by atoms with E-state index in [1.54, 1.807) is 35.7 Å². The molecular weight excluding hydrogens is 429 g/mol. The quantitative estimate of drug-likeness (QED) is 0.552. The number of alkyl halides is 3. The fraction of sp³-hybridized carbons (Fsp3) is 0.0909. The van der Waals surface area contributed by atoms with Crippen LogP contribution in [-0.2, 0) is 15.8 Å². The topological polar surface area (TPSA) is 58.6 Å². The summed E-state index contributed by atoms with van der Waals surface area (Å²) in [5.74, 6) is -0.788. The summed E-state index contributed by atoms with van der Waals surface area (Å²) in [4.78, 5) is 28.0. The first-order valence-corrected chi connectivity index (χ1v) is 9.93. The number of ether oxygens (including phenoxy) is 1. The number of carbonyl (C=O) groups is 2. The Balaban J connectivity index is 1.78. The van der Waals surface area contributed by atoms with Crippen LogP contribution in [0.5, 0.6) is 5.75 Å². The minimum absolute atomic E-state index is 0.0486. The Morgan fingerprint density at radius 2 is 1.74 bits per heavy atom. The second kappa shape index (κ2) is 7.92. The van der Waals surface area contributed by atoms with Gasteiger partial charge in [-0.25, -0.2) is 4.90 Å². The first-order chi connectivity index (χ1) is 14.8. The number of carbonyl (C=O) groups excluding carboxylic acids is 2. The number of rotatable bonds is 5. The number of hydrogen-bond acceptors (Lipinski definition) is 5. The lowest BCUT2D eigenvalue weighted by Crippen LogP contribution is -2.32. The molecule has 2 amide bonds. The maximum absolute atomic E-state index is 13.2. The van der Waals surface area contributed by atoms with Crippen LogP contribution in [0.3, 0.4) is 0 Å². The number of methoxy groups -OCH3 is 1. The van der Waals surface area contributed by atoms with Crippen LogP contribution in [-0.4, -0.2) is 18.9 Å². The van der Waals surface area contributed by atoms with E-state index < -0.39 is 23.6 Å². The summed E-state index contributed by atoms with van der Waals surface area (Å²) in [6.07, 6.45) is -4.54. The molecule has 1 aromatic heterocycles. The van der Waals surface area contributed by atoms with Gasteiger partial charge in [-0.2, -0.15) is 13.2 Å². The first kappa shape index (κ1) is 20.7. The number of anilines is 2. The molecule has 3 aromatic rings. The predicted molar refractivity (Wildman–Crippen MR) is 112 cm³/mol. The standard InChI is InChI=1S/C22H15F3N2O3S/c1-30-16-8-3-7-15(12-16)27-20(28)18(17-9-4-10-31-17)19(21(27)29)26-14-6-2-5-13(11-14)22(23,24)25/h2-12,26H,1H3. The average Bonchev–Trinajstić information content (AvgIpc) is 3.34. The number of imide groups is 1. The van der Waals surface area contributed by atoms with Crippen molar-refractivity contribution in [2.24, 2.45) is 0 Å². The van der Waals surface area contributed by atoms with Gasteiger partial charge < -0.3 is 10.1 Å². The van der Waals surface area contributed by atoms with Gasteiger partial charge in [-0.15, -0.1) is 11.3 Å². The molecule has 0 fully saturated rings. The van der Waals surface area contributed by atoms with E-state index in [2.05, 4.69) is 5.32 Å². The third-order valence-corrected chi connectivity index (χ3v) is 5.51. The van der Waals surface area contributed by atoms with Crippen molar-refractivity contribution >= 4 is 40.1 Å². The SMILES string of the molecule is COc1cccc(N2C(=O)C(Nc3cccc(C(F)(F)F)c3)=C(c3cccs3)C2=O)c1. The van der Waals surface area contributed by atoms with Gasteiger partial charge in [0, 0.05) is 16.6 Å². The third-order valence-electron chi connectivity index (χ3n) is 4.62. The Morgan fingerprint density at radius 3 is 2.42 bits per heavy atom. The van der Waals surface area contributed by atoms with E-state index in [-0.39, 0.29) is 17.0 Å². The smallest absolute Gasteiger partial charge is 0.416 e. The van der Waals surface area contributed by atoms with Crippen LogP contribution in [0.15, 0.2) is 71.7 Å². The highest BCUT2D eigenvalue weighted by Crippen LogP contribution is 2.37. The Hall–Kier alpha value is -3.59. The van der Waals surface area contributed by atoms with Crippen LogP contribution in [0.2, 0.25) is 0 Å². The molecule has 9 heteroatoms. The van der Waals surface area contributed by atoms with Gasteiger partial charge in [-0.1, -0.05) is 18.2 Å². The number of halogens is 3. The van der Waals surface area contributed by atoms with Gasteiger partial charge in [-0.05, 0) is 41.8 Å². The van der Waals surface area contributed by atoms with Crippen LogP contribution >= 0.6 is 11.3 Å². The number of hydrogen-bond donors (Lipinski definition) is 1. The van der Waals surface area contributed by atoms with Crippen molar-refractivity contribution in [3.05, 3.63) is 82.2 Å². The van der Waals surface area contributed by atoms with Gasteiger partial charge in [0.25, 0.3) is 11.8 Å². The monoisotopic (exact) mass is 444 g/mol. The maximum Gasteiger partial charge on any atom is 0.416 e. The van der Waals surface area contributed by atoms with E-state index in [1.165, 1.54) is 36.6 Å². The van der Waals surface area contributed by atoms with E-state index in [4.69, 9.17) is 4.74 Å². The summed E-state index contributed by atoms with van der Waals surface area (Å²) in [6.45, 7) is 0. The highest BCUT2D eigenvalue weighted by atomic mass is 32.1. The van der Waals surface area contributed by atoms with Crippen LogP contribution in [0.4, 0.5) is 24.5 Å². The molecule has 0 saturated carbocycles. The lowest BCUT2D eigenvalue weighted by molar-refractivity contribution is -0.137. The summed E-state index contributed by atoms with van der Waals surface area (Å²) in [6, 6.07) is 14.3. The number of thiophene rings is 1. The molecule has 0 radical (unpaired) electrons. The average molecular weight is 444 g/mol. The summed E-state index contributed by atoms with van der Waals surface area (Å²) in [5, 5.41) is 4.49. The van der Waals surface area contributed by atoms with Gasteiger partial charge >= 0.3 is 6.18 Å². The van der Waals surface area contributed by atoms with E-state index in [0.29, 0.717) is 16.3 Å². The van der Waals surface area contributed by atoms with Crippen LogP contribution in [0.1, 0.15) is 10.4 Å². The second-order valence-corrected chi connectivity index (χ2v) is 7.53. The molecule has 5 nitrogen and oxygen atoms in total. The van der Waals surface area contributed by atoms with Crippen molar-refractivity contribution in [2.75, 3.05) is 17.3 Å². The van der Waals surface area contributed by atoms with Crippen molar-refractivity contribution in [1.29, 1.82) is 0 Å². The Labute approximate surface area is 179 Å². The van der Waals surface area contributed by atoms with Gasteiger partial charge in [0.05, 0.1) is 23.9 Å². The normalized spacial score (nSPS) is 14.4. The number of amides is 2. The lowest BCUT2D eigenvalue weighted by Gasteiger charge is -2.16. The molecule has 2 aromatic carbocycles. The van der Waals surface area contributed by atoms with Crippen LogP contribution < -0.4 is 15.0 Å². The Morgan fingerprint density at radius 1 is 0.968 bits per heavy atom. The number of benzene rings is 2. The zero-order chi connectivity index (χ0) is 22.2. The minimum atomic E-state index is -4.54. The van der Waals surface area contributed by atoms with Gasteiger partial charge in [0.2, 0.25) is 0 Å².